The maximum Gasteiger partial charge on any atom is 0.303 e. The third-order valence-electron chi connectivity index (χ3n) is 2.57. The maximum atomic E-state index is 11.6. The third-order valence-corrected chi connectivity index (χ3v) is 3.56. The Labute approximate surface area is 123 Å². The van der Waals surface area contributed by atoms with Crippen molar-refractivity contribution in [3.05, 3.63) is 0 Å². The molecule has 0 aliphatic rings. The second-order valence-corrected chi connectivity index (χ2v) is 6.27. The fraction of sp³-hybridized carbons (Fsp3) is 0.769. The molecule has 0 heterocycles. The van der Waals surface area contributed by atoms with Crippen molar-refractivity contribution in [1.82, 2.24) is 5.32 Å². The average Bonchev–Trinajstić information content (AvgIpc) is 2.30. The van der Waals surface area contributed by atoms with Crippen molar-refractivity contribution in [2.24, 2.45) is 17.6 Å². The van der Waals surface area contributed by atoms with E-state index in [1.54, 1.807) is 0 Å². The van der Waals surface area contributed by atoms with Crippen molar-refractivity contribution < 1.29 is 19.5 Å². The van der Waals surface area contributed by atoms with E-state index < -0.39 is 11.9 Å². The first-order valence-electron chi connectivity index (χ1n) is 6.65. The zero-order chi connectivity index (χ0) is 15.5. The highest BCUT2D eigenvalue weighted by molar-refractivity contribution is 7.99. The number of primary amides is 1. The molecule has 6 nitrogen and oxygen atoms in total. The van der Waals surface area contributed by atoms with Gasteiger partial charge in [-0.25, -0.2) is 0 Å². The minimum absolute atomic E-state index is 0.0466. The van der Waals surface area contributed by atoms with Gasteiger partial charge >= 0.3 is 5.97 Å². The van der Waals surface area contributed by atoms with Crippen molar-refractivity contribution in [2.45, 2.75) is 33.1 Å². The molecule has 0 bridgehead atoms. The Bertz CT molecular complexity index is 334. The first-order valence-corrected chi connectivity index (χ1v) is 7.81. The molecular formula is C13H24N2O4S. The van der Waals surface area contributed by atoms with Crippen LogP contribution in [0, 0.1) is 11.8 Å². The second-order valence-electron chi connectivity index (χ2n) is 5.17. The number of thioether (sulfide) groups is 1. The summed E-state index contributed by atoms with van der Waals surface area (Å²) < 4.78 is 0. The van der Waals surface area contributed by atoms with Gasteiger partial charge in [0.2, 0.25) is 11.8 Å². The fourth-order valence-corrected chi connectivity index (χ4v) is 2.51. The molecule has 0 saturated heterocycles. The smallest absolute Gasteiger partial charge is 0.303 e. The van der Waals surface area contributed by atoms with Gasteiger partial charge in [0.15, 0.2) is 0 Å². The van der Waals surface area contributed by atoms with Crippen LogP contribution in [0.4, 0.5) is 0 Å². The highest BCUT2D eigenvalue weighted by atomic mass is 32.2. The molecule has 0 saturated carbocycles. The minimum atomic E-state index is -0.845. The lowest BCUT2D eigenvalue weighted by atomic mass is 9.94. The van der Waals surface area contributed by atoms with Gasteiger partial charge in [-0.15, -0.1) is 0 Å². The number of carboxylic acids is 1. The molecule has 0 aliphatic heterocycles. The van der Waals surface area contributed by atoms with Gasteiger partial charge in [0.05, 0.1) is 5.75 Å². The van der Waals surface area contributed by atoms with Crippen molar-refractivity contribution in [3.8, 4) is 0 Å². The van der Waals surface area contributed by atoms with Gasteiger partial charge in [-0.2, -0.15) is 11.8 Å². The maximum absolute atomic E-state index is 11.6. The number of nitrogens with two attached hydrogens (primary N) is 1. The largest absolute Gasteiger partial charge is 0.481 e. The van der Waals surface area contributed by atoms with Crippen LogP contribution in [-0.4, -0.2) is 40.9 Å². The van der Waals surface area contributed by atoms with E-state index in [9.17, 15) is 14.4 Å². The summed E-state index contributed by atoms with van der Waals surface area (Å²) in [7, 11) is 0. The molecule has 0 aromatic carbocycles. The first kappa shape index (κ1) is 18.8. The van der Waals surface area contributed by atoms with E-state index in [4.69, 9.17) is 10.8 Å². The summed E-state index contributed by atoms with van der Waals surface area (Å²) in [5.74, 6) is -0.279. The fourth-order valence-electron chi connectivity index (χ4n) is 1.84. The minimum Gasteiger partial charge on any atom is -0.481 e. The quantitative estimate of drug-likeness (QED) is 0.490. The van der Waals surface area contributed by atoms with Crippen molar-refractivity contribution in [3.63, 3.8) is 0 Å². The van der Waals surface area contributed by atoms with Gasteiger partial charge in [-0.05, 0) is 18.3 Å². The highest BCUT2D eigenvalue weighted by Crippen LogP contribution is 2.14. The molecule has 0 fully saturated rings. The Morgan fingerprint density at radius 3 is 2.45 bits per heavy atom. The Hall–Kier alpha value is -1.24. The lowest BCUT2D eigenvalue weighted by Gasteiger charge is -2.17. The van der Waals surface area contributed by atoms with Gasteiger partial charge in [-0.1, -0.05) is 13.8 Å². The van der Waals surface area contributed by atoms with Gasteiger partial charge in [0.1, 0.15) is 0 Å². The van der Waals surface area contributed by atoms with Crippen molar-refractivity contribution in [2.75, 3.05) is 18.1 Å². The monoisotopic (exact) mass is 304 g/mol. The van der Waals surface area contributed by atoms with E-state index >= 15 is 0 Å². The van der Waals surface area contributed by atoms with Gasteiger partial charge in [0.25, 0.3) is 0 Å². The number of carboxylic acid groups (broad SMARTS) is 1. The number of amides is 2. The normalized spacial score (nSPS) is 12.2. The molecule has 1 atom stereocenters. The molecule has 0 aromatic rings. The number of rotatable bonds is 11. The van der Waals surface area contributed by atoms with Crippen LogP contribution in [0.1, 0.15) is 33.1 Å². The van der Waals surface area contributed by atoms with E-state index in [-0.39, 0.29) is 24.0 Å². The van der Waals surface area contributed by atoms with E-state index in [2.05, 4.69) is 5.32 Å². The van der Waals surface area contributed by atoms with Crippen LogP contribution in [0.15, 0.2) is 0 Å². The molecule has 7 heteroatoms. The van der Waals surface area contributed by atoms with Crippen molar-refractivity contribution in [1.29, 1.82) is 0 Å². The summed E-state index contributed by atoms with van der Waals surface area (Å²) in [5.41, 5.74) is 4.98. The standard InChI is InChI=1S/C13H24N2O4S/c1-9(2)5-10(6-13(18)19)7-15-12(17)3-4-20-8-11(14)16/h9-10H,3-8H2,1-2H3,(H2,14,16)(H,15,17)(H,18,19). The predicted molar refractivity (Wildman–Crippen MR) is 79.3 cm³/mol. The Morgan fingerprint density at radius 1 is 1.30 bits per heavy atom. The summed E-state index contributed by atoms with van der Waals surface area (Å²) in [5, 5.41) is 11.6. The number of nitrogens with one attached hydrogen (secondary N) is 1. The van der Waals surface area contributed by atoms with E-state index in [0.717, 1.165) is 6.42 Å². The molecule has 0 spiro atoms. The molecule has 0 aliphatic carbocycles. The van der Waals surface area contributed by atoms with Crippen LogP contribution >= 0.6 is 11.8 Å². The molecule has 116 valence electrons. The average molecular weight is 304 g/mol. The predicted octanol–water partition coefficient (Wildman–Crippen LogP) is 0.848. The van der Waals surface area contributed by atoms with Crippen molar-refractivity contribution >= 4 is 29.5 Å². The van der Waals surface area contributed by atoms with Crippen LogP contribution in [0.2, 0.25) is 0 Å². The Kier molecular flexibility index (Phi) is 9.88. The topological polar surface area (TPSA) is 109 Å². The van der Waals surface area contributed by atoms with Gasteiger partial charge in [0, 0.05) is 25.1 Å². The van der Waals surface area contributed by atoms with Gasteiger partial charge < -0.3 is 16.2 Å². The van der Waals surface area contributed by atoms with Gasteiger partial charge in [-0.3, -0.25) is 14.4 Å². The Balaban J connectivity index is 3.91. The zero-order valence-corrected chi connectivity index (χ0v) is 12.9. The molecule has 0 rings (SSSR count). The first-order chi connectivity index (χ1) is 9.31. The van der Waals surface area contributed by atoms with Crippen LogP contribution < -0.4 is 11.1 Å². The van der Waals surface area contributed by atoms with E-state index in [1.165, 1.54) is 11.8 Å². The zero-order valence-electron chi connectivity index (χ0n) is 12.1. The molecular weight excluding hydrogens is 280 g/mol. The van der Waals surface area contributed by atoms with Crippen LogP contribution in [0.3, 0.4) is 0 Å². The molecule has 0 radical (unpaired) electrons. The van der Waals surface area contributed by atoms with E-state index in [1.807, 2.05) is 13.8 Å². The second kappa shape index (κ2) is 10.5. The molecule has 20 heavy (non-hydrogen) atoms. The SMILES string of the molecule is CC(C)CC(CNC(=O)CCSCC(N)=O)CC(=O)O. The summed E-state index contributed by atoms with van der Waals surface area (Å²) in [4.78, 5) is 32.8. The highest BCUT2D eigenvalue weighted by Gasteiger charge is 2.16. The summed E-state index contributed by atoms with van der Waals surface area (Å²) in [6.07, 6.45) is 1.14. The number of hydrogen-bond donors (Lipinski definition) is 3. The van der Waals surface area contributed by atoms with E-state index in [0.29, 0.717) is 24.6 Å². The number of carbonyl (C=O) groups excluding carboxylic acids is 2. The lowest BCUT2D eigenvalue weighted by Crippen LogP contribution is -2.31. The lowest BCUT2D eigenvalue weighted by molar-refractivity contribution is -0.138. The van der Waals surface area contributed by atoms with Crippen LogP contribution in [-0.2, 0) is 14.4 Å². The molecule has 2 amide bonds. The molecule has 0 aromatic heterocycles. The number of hydrogen-bond acceptors (Lipinski definition) is 4. The number of carbonyl (C=O) groups is 3. The summed E-state index contributed by atoms with van der Waals surface area (Å²) >= 11 is 1.32. The van der Waals surface area contributed by atoms with Crippen LogP contribution in [0.25, 0.3) is 0 Å². The summed E-state index contributed by atoms with van der Waals surface area (Å²) in [6, 6.07) is 0. The van der Waals surface area contributed by atoms with Crippen LogP contribution in [0.5, 0.6) is 0 Å². The third kappa shape index (κ3) is 11.8. The molecule has 4 N–H and O–H groups in total. The summed E-state index contributed by atoms with van der Waals surface area (Å²) in [6.45, 7) is 4.43. The number of aliphatic carboxylic acids is 1. The Morgan fingerprint density at radius 2 is 1.95 bits per heavy atom. The molecule has 1 unspecified atom stereocenters.